The second-order valence-corrected chi connectivity index (χ2v) is 6.63. The Bertz CT molecular complexity index is 961. The zero-order valence-electron chi connectivity index (χ0n) is 14.5. The van der Waals surface area contributed by atoms with Gasteiger partial charge in [-0.3, -0.25) is 15.1 Å². The SMILES string of the molecule is CC1(c2ccccc2)CN(c2ccc([N+](=O)[O-])c3cccnc23)CCO1. The van der Waals surface area contributed by atoms with Crippen LogP contribution >= 0.6 is 0 Å². The summed E-state index contributed by atoms with van der Waals surface area (Å²) in [5, 5.41) is 11.9. The summed E-state index contributed by atoms with van der Waals surface area (Å²) < 4.78 is 6.11. The number of hydrogen-bond donors (Lipinski definition) is 0. The molecule has 6 nitrogen and oxygen atoms in total. The number of nitrogens with zero attached hydrogens (tertiary/aromatic N) is 3. The summed E-state index contributed by atoms with van der Waals surface area (Å²) >= 11 is 0. The predicted molar refractivity (Wildman–Crippen MR) is 100 cm³/mol. The fraction of sp³-hybridized carbons (Fsp3) is 0.250. The van der Waals surface area contributed by atoms with E-state index in [0.717, 1.165) is 11.3 Å². The first-order chi connectivity index (χ1) is 12.6. The van der Waals surface area contributed by atoms with Crippen molar-refractivity contribution in [2.75, 3.05) is 24.6 Å². The van der Waals surface area contributed by atoms with Crippen LogP contribution in [0.25, 0.3) is 10.9 Å². The number of pyridine rings is 1. The minimum absolute atomic E-state index is 0.0796. The molecule has 0 radical (unpaired) electrons. The molecule has 0 aliphatic carbocycles. The number of aromatic nitrogens is 1. The van der Waals surface area contributed by atoms with Gasteiger partial charge in [-0.05, 0) is 30.7 Å². The molecule has 2 heterocycles. The summed E-state index contributed by atoms with van der Waals surface area (Å²) in [6.07, 6.45) is 1.67. The molecule has 1 aliphatic rings. The van der Waals surface area contributed by atoms with Gasteiger partial charge in [0.25, 0.3) is 5.69 Å². The minimum atomic E-state index is -0.442. The first-order valence-electron chi connectivity index (χ1n) is 8.55. The lowest BCUT2D eigenvalue weighted by Gasteiger charge is -2.42. The maximum atomic E-state index is 11.3. The van der Waals surface area contributed by atoms with Gasteiger partial charge in [-0.15, -0.1) is 0 Å². The number of nitro benzene ring substituents is 1. The van der Waals surface area contributed by atoms with Crippen LogP contribution in [0.3, 0.4) is 0 Å². The summed E-state index contributed by atoms with van der Waals surface area (Å²) in [6, 6.07) is 17.0. The lowest BCUT2D eigenvalue weighted by atomic mass is 9.93. The molecule has 0 saturated carbocycles. The second kappa shape index (κ2) is 6.38. The molecule has 132 valence electrons. The van der Waals surface area contributed by atoms with Crippen molar-refractivity contribution in [2.24, 2.45) is 0 Å². The van der Waals surface area contributed by atoms with Gasteiger partial charge in [0.2, 0.25) is 0 Å². The summed E-state index contributed by atoms with van der Waals surface area (Å²) in [6.45, 7) is 4.03. The Kier molecular flexibility index (Phi) is 4.05. The average Bonchev–Trinajstić information content (AvgIpc) is 2.67. The number of benzene rings is 2. The van der Waals surface area contributed by atoms with Gasteiger partial charge in [-0.2, -0.15) is 0 Å². The quantitative estimate of drug-likeness (QED) is 0.530. The Labute approximate surface area is 151 Å². The molecule has 0 N–H and O–H groups in total. The molecular weight excluding hydrogens is 330 g/mol. The van der Waals surface area contributed by atoms with Crippen molar-refractivity contribution in [2.45, 2.75) is 12.5 Å². The van der Waals surface area contributed by atoms with Crippen LogP contribution < -0.4 is 4.90 Å². The van der Waals surface area contributed by atoms with Crippen molar-refractivity contribution in [3.63, 3.8) is 0 Å². The van der Waals surface area contributed by atoms with Gasteiger partial charge in [-0.1, -0.05) is 30.3 Å². The molecule has 1 aromatic heterocycles. The molecule has 0 spiro atoms. The monoisotopic (exact) mass is 349 g/mol. The van der Waals surface area contributed by atoms with Gasteiger partial charge in [0, 0.05) is 18.8 Å². The van der Waals surface area contributed by atoms with Crippen LogP contribution in [0.1, 0.15) is 12.5 Å². The van der Waals surface area contributed by atoms with Crippen LogP contribution in [0.15, 0.2) is 60.8 Å². The first-order valence-corrected chi connectivity index (χ1v) is 8.55. The van der Waals surface area contributed by atoms with E-state index < -0.39 is 5.60 Å². The van der Waals surface area contributed by atoms with Gasteiger partial charge in [-0.25, -0.2) is 0 Å². The first kappa shape index (κ1) is 16.5. The van der Waals surface area contributed by atoms with Gasteiger partial charge in [0.1, 0.15) is 11.1 Å². The maximum absolute atomic E-state index is 11.3. The van der Waals surface area contributed by atoms with E-state index in [1.54, 1.807) is 30.5 Å². The molecule has 4 rings (SSSR count). The van der Waals surface area contributed by atoms with E-state index in [2.05, 4.69) is 28.9 Å². The van der Waals surface area contributed by atoms with Crippen molar-refractivity contribution >= 4 is 22.3 Å². The smallest absolute Gasteiger partial charge is 0.278 e. The third-order valence-electron chi connectivity index (χ3n) is 4.92. The second-order valence-electron chi connectivity index (χ2n) is 6.63. The minimum Gasteiger partial charge on any atom is -0.367 e. The van der Waals surface area contributed by atoms with Crippen LogP contribution in [0, 0.1) is 10.1 Å². The Balaban J connectivity index is 1.76. The molecule has 3 aromatic rings. The number of ether oxygens (including phenoxy) is 1. The van der Waals surface area contributed by atoms with E-state index in [0.29, 0.717) is 30.6 Å². The Morgan fingerprint density at radius 2 is 1.96 bits per heavy atom. The zero-order chi connectivity index (χ0) is 18.1. The number of hydrogen-bond acceptors (Lipinski definition) is 5. The summed E-state index contributed by atoms with van der Waals surface area (Å²) in [5.74, 6) is 0. The standard InChI is InChI=1S/C20H19N3O3/c1-20(15-6-3-2-4-7-15)14-22(12-13-26-20)18-10-9-17(23(24)25)16-8-5-11-21-19(16)18/h2-11H,12-14H2,1H3. The zero-order valence-corrected chi connectivity index (χ0v) is 14.5. The van der Waals surface area contributed by atoms with Gasteiger partial charge in [0.05, 0.1) is 29.1 Å². The Morgan fingerprint density at radius 3 is 2.73 bits per heavy atom. The van der Waals surface area contributed by atoms with E-state index >= 15 is 0 Å². The molecule has 26 heavy (non-hydrogen) atoms. The summed E-state index contributed by atoms with van der Waals surface area (Å²) in [7, 11) is 0. The van der Waals surface area contributed by atoms with E-state index in [-0.39, 0.29) is 10.6 Å². The van der Waals surface area contributed by atoms with E-state index in [1.165, 1.54) is 0 Å². The van der Waals surface area contributed by atoms with Gasteiger partial charge >= 0.3 is 0 Å². The highest BCUT2D eigenvalue weighted by molar-refractivity contribution is 5.97. The molecule has 1 saturated heterocycles. The van der Waals surface area contributed by atoms with Gasteiger partial charge in [0.15, 0.2) is 0 Å². The fourth-order valence-corrected chi connectivity index (χ4v) is 3.60. The lowest BCUT2D eigenvalue weighted by molar-refractivity contribution is -0.383. The third-order valence-corrected chi connectivity index (χ3v) is 4.92. The van der Waals surface area contributed by atoms with Crippen molar-refractivity contribution < 1.29 is 9.66 Å². The highest BCUT2D eigenvalue weighted by Gasteiger charge is 2.34. The summed E-state index contributed by atoms with van der Waals surface area (Å²) in [5.41, 5.74) is 2.30. The van der Waals surface area contributed by atoms with Crippen molar-refractivity contribution in [1.29, 1.82) is 0 Å². The van der Waals surface area contributed by atoms with Crippen LogP contribution in [0.4, 0.5) is 11.4 Å². The number of anilines is 1. The molecule has 1 aliphatic heterocycles. The molecule has 6 heteroatoms. The normalized spacial score (nSPS) is 20.3. The van der Waals surface area contributed by atoms with Crippen molar-refractivity contribution in [1.82, 2.24) is 4.98 Å². The highest BCUT2D eigenvalue weighted by Crippen LogP contribution is 2.36. The lowest BCUT2D eigenvalue weighted by Crippen LogP contribution is -2.48. The van der Waals surface area contributed by atoms with Crippen LogP contribution in [0.2, 0.25) is 0 Å². The molecule has 0 bridgehead atoms. The Morgan fingerprint density at radius 1 is 1.15 bits per heavy atom. The van der Waals surface area contributed by atoms with Crippen molar-refractivity contribution in [3.8, 4) is 0 Å². The number of non-ortho nitro benzene ring substituents is 1. The number of fused-ring (bicyclic) bond motifs is 1. The topological polar surface area (TPSA) is 68.5 Å². The van der Waals surface area contributed by atoms with E-state index in [1.807, 2.05) is 18.2 Å². The maximum Gasteiger partial charge on any atom is 0.278 e. The number of nitro groups is 1. The molecular formula is C20H19N3O3. The number of morpholine rings is 1. The average molecular weight is 349 g/mol. The largest absolute Gasteiger partial charge is 0.367 e. The van der Waals surface area contributed by atoms with Crippen LogP contribution in [0.5, 0.6) is 0 Å². The number of rotatable bonds is 3. The molecule has 0 amide bonds. The van der Waals surface area contributed by atoms with E-state index in [9.17, 15) is 10.1 Å². The van der Waals surface area contributed by atoms with Gasteiger partial charge < -0.3 is 9.64 Å². The molecule has 1 unspecified atom stereocenters. The van der Waals surface area contributed by atoms with E-state index in [4.69, 9.17) is 4.74 Å². The Hall–Kier alpha value is -2.99. The summed E-state index contributed by atoms with van der Waals surface area (Å²) in [4.78, 5) is 17.6. The van der Waals surface area contributed by atoms with Crippen LogP contribution in [-0.4, -0.2) is 29.6 Å². The predicted octanol–water partition coefficient (Wildman–Crippen LogP) is 3.90. The third kappa shape index (κ3) is 2.78. The highest BCUT2D eigenvalue weighted by atomic mass is 16.6. The molecule has 2 aromatic carbocycles. The van der Waals surface area contributed by atoms with Crippen LogP contribution in [-0.2, 0) is 10.3 Å². The molecule has 1 atom stereocenters. The fourth-order valence-electron chi connectivity index (χ4n) is 3.60. The van der Waals surface area contributed by atoms with Crippen molar-refractivity contribution in [3.05, 3.63) is 76.5 Å². The molecule has 1 fully saturated rings.